The average molecular weight is 434 g/mol. The van der Waals surface area contributed by atoms with Crippen LogP contribution in [0.25, 0.3) is 0 Å². The number of benzene rings is 3. The van der Waals surface area contributed by atoms with Crippen molar-refractivity contribution >= 4 is 25.7 Å². The average Bonchev–Trinajstić information content (AvgIpc) is 2.74. The van der Waals surface area contributed by atoms with Gasteiger partial charge in [-0.25, -0.2) is 16.8 Å². The van der Waals surface area contributed by atoms with Crippen LogP contribution < -0.4 is 13.2 Å². The molecule has 7 nitrogen and oxygen atoms in total. The maximum atomic E-state index is 13.5. The summed E-state index contributed by atoms with van der Waals surface area (Å²) in [5.74, 6) is 0.335. The summed E-state index contributed by atoms with van der Waals surface area (Å²) in [5.41, 5.74) is -0.181. The monoisotopic (exact) mass is 433 g/mol. The third kappa shape index (κ3) is 3.92. The molecule has 0 aliphatic heterocycles. The minimum absolute atomic E-state index is 0.0600. The van der Waals surface area contributed by atoms with Gasteiger partial charge in [0.25, 0.3) is 20.0 Å². The molecule has 0 bridgehead atoms. The fraction of sp³-hybridized carbons (Fsp3) is 0.100. The van der Waals surface area contributed by atoms with E-state index in [1.54, 1.807) is 18.2 Å². The number of hydrogen-bond donors (Lipinski definition) is 0. The van der Waals surface area contributed by atoms with Crippen LogP contribution >= 0.6 is 0 Å². The molecule has 0 aromatic heterocycles. The molecular formula is C20H19NO6S2. The zero-order chi connectivity index (χ0) is 21.1. The first-order valence-electron chi connectivity index (χ1n) is 8.45. The molecule has 0 saturated carbocycles. The van der Waals surface area contributed by atoms with Crippen molar-refractivity contribution in [1.29, 1.82) is 0 Å². The van der Waals surface area contributed by atoms with Crippen LogP contribution in [0.1, 0.15) is 0 Å². The smallest absolute Gasteiger partial charge is 0.277 e. The predicted molar refractivity (Wildman–Crippen MR) is 109 cm³/mol. The Hall–Kier alpha value is -3.04. The van der Waals surface area contributed by atoms with E-state index in [0.29, 0.717) is 3.71 Å². The number of rotatable bonds is 7. The van der Waals surface area contributed by atoms with Crippen molar-refractivity contribution in [3.8, 4) is 11.5 Å². The van der Waals surface area contributed by atoms with Crippen LogP contribution in [-0.2, 0) is 20.0 Å². The van der Waals surface area contributed by atoms with Crippen LogP contribution in [-0.4, -0.2) is 31.1 Å². The second-order valence-corrected chi connectivity index (χ2v) is 9.68. The van der Waals surface area contributed by atoms with Crippen LogP contribution in [0.2, 0.25) is 0 Å². The van der Waals surface area contributed by atoms with Crippen molar-refractivity contribution in [2.75, 3.05) is 17.9 Å². The zero-order valence-corrected chi connectivity index (χ0v) is 17.4. The standard InChI is InChI=1S/C20H19NO6S2/c1-26-16-13-14-20(27-2)19(15-16)21(28(22,23)17-9-5-3-6-10-17)29(24,25)18-11-7-4-8-12-18/h3-15H,1-2H3. The SMILES string of the molecule is COc1ccc(OC)c(N(S(=O)(=O)c2ccccc2)S(=O)(=O)c2ccccc2)c1. The lowest BCUT2D eigenvalue weighted by Gasteiger charge is -2.26. The van der Waals surface area contributed by atoms with Crippen molar-refractivity contribution in [3.63, 3.8) is 0 Å². The van der Waals surface area contributed by atoms with E-state index in [1.807, 2.05) is 0 Å². The Kier molecular flexibility index (Phi) is 5.81. The molecule has 3 aromatic carbocycles. The number of methoxy groups -OCH3 is 2. The maximum Gasteiger partial charge on any atom is 0.277 e. The van der Waals surface area contributed by atoms with Crippen LogP contribution in [0.3, 0.4) is 0 Å². The Bertz CT molecular complexity index is 1120. The van der Waals surface area contributed by atoms with Crippen LogP contribution in [0, 0.1) is 0 Å². The minimum Gasteiger partial charge on any atom is -0.497 e. The fourth-order valence-electron chi connectivity index (χ4n) is 2.70. The van der Waals surface area contributed by atoms with Gasteiger partial charge in [0.1, 0.15) is 17.2 Å². The molecule has 0 heterocycles. The van der Waals surface area contributed by atoms with Crippen LogP contribution in [0.15, 0.2) is 88.7 Å². The highest BCUT2D eigenvalue weighted by Gasteiger charge is 2.38. The van der Waals surface area contributed by atoms with Gasteiger partial charge in [-0.3, -0.25) is 0 Å². The zero-order valence-electron chi connectivity index (χ0n) is 15.7. The van der Waals surface area contributed by atoms with Gasteiger partial charge in [-0.15, -0.1) is 0 Å². The fourth-order valence-corrected chi connectivity index (χ4v) is 6.44. The summed E-state index contributed by atoms with van der Waals surface area (Å²) >= 11 is 0. The molecule has 3 rings (SSSR count). The molecule has 0 saturated heterocycles. The number of ether oxygens (including phenoxy) is 2. The van der Waals surface area contributed by atoms with Crippen molar-refractivity contribution in [2.24, 2.45) is 0 Å². The van der Waals surface area contributed by atoms with E-state index in [1.165, 1.54) is 74.9 Å². The molecule has 0 aliphatic carbocycles. The van der Waals surface area contributed by atoms with E-state index >= 15 is 0 Å². The van der Waals surface area contributed by atoms with E-state index in [2.05, 4.69) is 0 Å². The second kappa shape index (κ2) is 8.14. The third-order valence-corrected chi connectivity index (χ3v) is 8.28. The van der Waals surface area contributed by atoms with Gasteiger partial charge in [-0.05, 0) is 36.4 Å². The molecule has 3 aromatic rings. The summed E-state index contributed by atoms with van der Waals surface area (Å²) in [6.45, 7) is 0. The van der Waals surface area contributed by atoms with Gasteiger partial charge in [0, 0.05) is 6.07 Å². The van der Waals surface area contributed by atoms with E-state index in [0.717, 1.165) is 0 Å². The molecular weight excluding hydrogens is 414 g/mol. The largest absolute Gasteiger partial charge is 0.497 e. The summed E-state index contributed by atoms with van der Waals surface area (Å²) in [6, 6.07) is 19.0. The maximum absolute atomic E-state index is 13.5. The molecule has 0 spiro atoms. The highest BCUT2D eigenvalue weighted by atomic mass is 32.3. The lowest BCUT2D eigenvalue weighted by atomic mass is 10.3. The summed E-state index contributed by atoms with van der Waals surface area (Å²) in [5, 5.41) is 0. The Labute approximate surface area is 170 Å². The van der Waals surface area contributed by atoms with Crippen molar-refractivity contribution in [2.45, 2.75) is 9.79 Å². The molecule has 0 amide bonds. The highest BCUT2D eigenvalue weighted by molar-refractivity contribution is 8.10. The van der Waals surface area contributed by atoms with Crippen molar-refractivity contribution in [1.82, 2.24) is 0 Å². The Morgan fingerprint density at radius 1 is 0.655 bits per heavy atom. The lowest BCUT2D eigenvalue weighted by Crippen LogP contribution is -2.37. The number of hydrogen-bond acceptors (Lipinski definition) is 6. The second-order valence-electron chi connectivity index (χ2n) is 5.87. The molecule has 0 unspecified atom stereocenters. The summed E-state index contributed by atoms with van der Waals surface area (Å²) in [7, 11) is -6.29. The van der Waals surface area contributed by atoms with E-state index in [-0.39, 0.29) is 27.0 Å². The van der Waals surface area contributed by atoms with Crippen molar-refractivity contribution < 1.29 is 26.3 Å². The number of anilines is 1. The quantitative estimate of drug-likeness (QED) is 0.568. The minimum atomic E-state index is -4.51. The first-order valence-corrected chi connectivity index (χ1v) is 11.3. The van der Waals surface area contributed by atoms with Gasteiger partial charge in [-0.1, -0.05) is 36.4 Å². The summed E-state index contributed by atoms with van der Waals surface area (Å²) < 4.78 is 64.7. The first kappa shape index (κ1) is 20.7. The molecule has 152 valence electrons. The van der Waals surface area contributed by atoms with Gasteiger partial charge >= 0.3 is 0 Å². The predicted octanol–water partition coefficient (Wildman–Crippen LogP) is 3.29. The van der Waals surface area contributed by atoms with Gasteiger partial charge in [-0.2, -0.15) is 3.71 Å². The number of sulfonamides is 2. The van der Waals surface area contributed by atoms with Crippen LogP contribution in [0.4, 0.5) is 5.69 Å². The van der Waals surface area contributed by atoms with E-state index in [4.69, 9.17) is 9.47 Å². The first-order chi connectivity index (χ1) is 13.8. The van der Waals surface area contributed by atoms with Gasteiger partial charge in [0.15, 0.2) is 0 Å². The summed E-state index contributed by atoms with van der Waals surface area (Å²) in [4.78, 5) is -0.353. The normalized spacial score (nSPS) is 11.7. The topological polar surface area (TPSA) is 90.0 Å². The Balaban J connectivity index is 2.35. The molecule has 9 heteroatoms. The molecule has 0 fully saturated rings. The molecule has 29 heavy (non-hydrogen) atoms. The Morgan fingerprint density at radius 3 is 1.55 bits per heavy atom. The van der Waals surface area contributed by atoms with Gasteiger partial charge in [0.2, 0.25) is 0 Å². The third-order valence-electron chi connectivity index (χ3n) is 4.10. The van der Waals surface area contributed by atoms with Gasteiger partial charge in [0.05, 0.1) is 24.0 Å². The highest BCUT2D eigenvalue weighted by Crippen LogP contribution is 2.39. The molecule has 0 radical (unpaired) electrons. The van der Waals surface area contributed by atoms with E-state index in [9.17, 15) is 16.8 Å². The summed E-state index contributed by atoms with van der Waals surface area (Å²) in [6.07, 6.45) is 0. The molecule has 0 N–H and O–H groups in total. The lowest BCUT2D eigenvalue weighted by molar-refractivity contribution is 0.404. The number of nitrogens with zero attached hydrogens (tertiary/aromatic N) is 1. The Morgan fingerprint density at radius 2 is 1.14 bits per heavy atom. The molecule has 0 atom stereocenters. The molecule has 0 aliphatic rings. The van der Waals surface area contributed by atoms with Crippen molar-refractivity contribution in [3.05, 3.63) is 78.9 Å². The van der Waals surface area contributed by atoms with Gasteiger partial charge < -0.3 is 9.47 Å². The van der Waals surface area contributed by atoms with Crippen LogP contribution in [0.5, 0.6) is 11.5 Å². The van der Waals surface area contributed by atoms with E-state index < -0.39 is 20.0 Å².